The molecule has 2 aliphatic rings. The van der Waals surface area contributed by atoms with Gasteiger partial charge in [-0.05, 0) is 24.6 Å². The fourth-order valence-electron chi connectivity index (χ4n) is 4.28. The van der Waals surface area contributed by atoms with E-state index in [9.17, 15) is 12.8 Å². The van der Waals surface area contributed by atoms with Crippen molar-refractivity contribution in [3.63, 3.8) is 0 Å². The van der Waals surface area contributed by atoms with Gasteiger partial charge in [-0.3, -0.25) is 4.90 Å². The van der Waals surface area contributed by atoms with Crippen LogP contribution in [0, 0.1) is 11.7 Å². The van der Waals surface area contributed by atoms with E-state index >= 15 is 0 Å². The maximum Gasteiger partial charge on any atom is 0.228 e. The van der Waals surface area contributed by atoms with Gasteiger partial charge in [0, 0.05) is 25.3 Å². The number of sulfone groups is 1. The smallest absolute Gasteiger partial charge is 0.228 e. The van der Waals surface area contributed by atoms with Crippen LogP contribution < -0.4 is 4.74 Å². The summed E-state index contributed by atoms with van der Waals surface area (Å²) in [6, 6.07) is 3.69. The van der Waals surface area contributed by atoms with E-state index in [0.29, 0.717) is 36.9 Å². The summed E-state index contributed by atoms with van der Waals surface area (Å²) in [7, 11) is -3.53. The molecule has 11 nitrogen and oxygen atoms in total. The van der Waals surface area contributed by atoms with E-state index in [0.717, 1.165) is 31.1 Å². The fraction of sp³-hybridized carbons (Fsp3) is 0.455. The number of ether oxygens (including phenoxy) is 1. The molecule has 0 saturated carbocycles. The van der Waals surface area contributed by atoms with Crippen LogP contribution in [0.5, 0.6) is 5.88 Å². The zero-order valence-corrected chi connectivity index (χ0v) is 20.4. The summed E-state index contributed by atoms with van der Waals surface area (Å²) in [4.78, 5) is 18.1. The van der Waals surface area contributed by atoms with Crippen LogP contribution in [0.15, 0.2) is 40.8 Å². The third kappa shape index (κ3) is 4.65. The summed E-state index contributed by atoms with van der Waals surface area (Å²) in [6.07, 6.45) is 4.64. The fourth-order valence-corrected chi connectivity index (χ4v) is 4.91. The molecule has 35 heavy (non-hydrogen) atoms. The molecule has 2 aromatic heterocycles. The molecule has 0 spiro atoms. The van der Waals surface area contributed by atoms with Gasteiger partial charge in [0.2, 0.25) is 5.88 Å². The molecule has 4 heterocycles. The Balaban J connectivity index is 1.32. The number of hydrogen-bond acceptors (Lipinski definition) is 10. The molecule has 0 amide bonds. The van der Waals surface area contributed by atoms with Crippen molar-refractivity contribution in [3.05, 3.63) is 36.5 Å². The molecule has 0 N–H and O–H groups in total. The third-order valence-electron chi connectivity index (χ3n) is 5.99. The summed E-state index contributed by atoms with van der Waals surface area (Å²) in [5.74, 6) is 0.873. The Bertz CT molecular complexity index is 1390. The van der Waals surface area contributed by atoms with Gasteiger partial charge in [0.1, 0.15) is 29.3 Å². The highest BCUT2D eigenvalue weighted by Crippen LogP contribution is 2.27. The van der Waals surface area contributed by atoms with Crippen LogP contribution in [0.2, 0.25) is 0 Å². The molecule has 1 unspecified atom stereocenters. The molecule has 1 aromatic carbocycles. The number of oxime groups is 1. The van der Waals surface area contributed by atoms with Crippen molar-refractivity contribution in [1.82, 2.24) is 29.5 Å². The Hall–Kier alpha value is -3.32. The number of aromatic nitrogens is 4. The standard InChI is InChI=1S/C22H26FN7O4S/c1-14(2)20-27-33-13-29(20)12-28-7-6-15(10-28)34-22-17-9-26-30(21(17)24-11-25-22)19-5-4-16(8-18(19)23)35(3,31)32/h4-5,8-9,11,14-15H,6-7,10,12-13H2,1-3H3. The van der Waals surface area contributed by atoms with Gasteiger partial charge in [0.05, 0.1) is 17.8 Å². The first-order valence-electron chi connectivity index (χ1n) is 11.2. The minimum atomic E-state index is -3.53. The summed E-state index contributed by atoms with van der Waals surface area (Å²) < 4.78 is 45.7. The van der Waals surface area contributed by atoms with Gasteiger partial charge in [-0.2, -0.15) is 5.10 Å². The number of fused-ring (bicyclic) bond motifs is 1. The molecule has 186 valence electrons. The van der Waals surface area contributed by atoms with Crippen LogP contribution >= 0.6 is 0 Å². The van der Waals surface area contributed by atoms with Crippen LogP contribution in [0.4, 0.5) is 4.39 Å². The number of amidine groups is 1. The van der Waals surface area contributed by atoms with Gasteiger partial charge < -0.3 is 14.5 Å². The predicted molar refractivity (Wildman–Crippen MR) is 125 cm³/mol. The molecule has 13 heteroatoms. The zero-order chi connectivity index (χ0) is 24.7. The van der Waals surface area contributed by atoms with E-state index in [4.69, 9.17) is 9.57 Å². The second-order valence-electron chi connectivity index (χ2n) is 9.01. The van der Waals surface area contributed by atoms with Gasteiger partial charge in [0.15, 0.2) is 28.1 Å². The maximum absolute atomic E-state index is 14.8. The van der Waals surface area contributed by atoms with Gasteiger partial charge >= 0.3 is 0 Å². The van der Waals surface area contributed by atoms with Crippen molar-refractivity contribution < 1.29 is 22.4 Å². The number of halogens is 1. The first-order chi connectivity index (χ1) is 16.7. The van der Waals surface area contributed by atoms with Gasteiger partial charge in [-0.25, -0.2) is 27.5 Å². The van der Waals surface area contributed by atoms with Crippen molar-refractivity contribution in [2.45, 2.75) is 31.3 Å². The molecule has 0 aliphatic carbocycles. The van der Waals surface area contributed by atoms with Crippen molar-refractivity contribution in [2.24, 2.45) is 11.1 Å². The lowest BCUT2D eigenvalue weighted by Crippen LogP contribution is -2.41. The largest absolute Gasteiger partial charge is 0.472 e. The molecule has 0 bridgehead atoms. The van der Waals surface area contributed by atoms with E-state index in [1.165, 1.54) is 29.3 Å². The number of rotatable bonds is 7. The van der Waals surface area contributed by atoms with Crippen molar-refractivity contribution in [3.8, 4) is 11.6 Å². The first-order valence-corrected chi connectivity index (χ1v) is 13.1. The SMILES string of the molecule is CC(C)C1=NOCN1CN1CCC(Oc2ncnc3c2cnn3-c2ccc(S(C)(=O)=O)cc2F)C1. The van der Waals surface area contributed by atoms with Crippen LogP contribution in [-0.2, 0) is 14.7 Å². The summed E-state index contributed by atoms with van der Waals surface area (Å²) in [5, 5.41) is 8.94. The van der Waals surface area contributed by atoms with Crippen LogP contribution in [0.3, 0.4) is 0 Å². The zero-order valence-electron chi connectivity index (χ0n) is 19.6. The molecule has 0 radical (unpaired) electrons. The second-order valence-corrected chi connectivity index (χ2v) is 11.0. The molecule has 1 fully saturated rings. The Labute approximate surface area is 202 Å². The predicted octanol–water partition coefficient (Wildman–Crippen LogP) is 2.03. The van der Waals surface area contributed by atoms with Crippen molar-refractivity contribution in [2.75, 3.05) is 32.7 Å². The van der Waals surface area contributed by atoms with Crippen LogP contribution in [-0.4, -0.2) is 82.7 Å². The third-order valence-corrected chi connectivity index (χ3v) is 7.11. The quantitative estimate of drug-likeness (QED) is 0.478. The molecular weight excluding hydrogens is 477 g/mol. The number of nitrogens with zero attached hydrogens (tertiary/aromatic N) is 7. The summed E-state index contributed by atoms with van der Waals surface area (Å²) >= 11 is 0. The van der Waals surface area contributed by atoms with Gasteiger partial charge in [-0.15, -0.1) is 0 Å². The lowest BCUT2D eigenvalue weighted by molar-refractivity contribution is 0.0794. The molecule has 5 rings (SSSR count). The minimum Gasteiger partial charge on any atom is -0.472 e. The Morgan fingerprint density at radius 1 is 1.29 bits per heavy atom. The lowest BCUT2D eigenvalue weighted by Gasteiger charge is -2.25. The highest BCUT2D eigenvalue weighted by Gasteiger charge is 2.30. The molecule has 1 saturated heterocycles. The monoisotopic (exact) mass is 503 g/mol. The van der Waals surface area contributed by atoms with Crippen LogP contribution in [0.1, 0.15) is 20.3 Å². The van der Waals surface area contributed by atoms with E-state index in [1.807, 2.05) is 0 Å². The molecule has 1 atom stereocenters. The highest BCUT2D eigenvalue weighted by atomic mass is 32.2. The summed E-state index contributed by atoms with van der Waals surface area (Å²) in [5.41, 5.74) is 0.447. The normalized spacial score (nSPS) is 18.9. The minimum absolute atomic E-state index is 0.0785. The van der Waals surface area contributed by atoms with E-state index in [1.54, 1.807) is 0 Å². The van der Waals surface area contributed by atoms with Crippen molar-refractivity contribution in [1.29, 1.82) is 0 Å². The number of likely N-dealkylation sites (tertiary alicyclic amines) is 1. The van der Waals surface area contributed by atoms with Gasteiger partial charge in [0.25, 0.3) is 0 Å². The Morgan fingerprint density at radius 3 is 2.86 bits per heavy atom. The van der Waals surface area contributed by atoms with E-state index < -0.39 is 15.7 Å². The van der Waals surface area contributed by atoms with Crippen molar-refractivity contribution >= 4 is 26.7 Å². The topological polar surface area (TPSA) is 115 Å². The maximum atomic E-state index is 14.8. The molecule has 3 aromatic rings. The number of hydrogen-bond donors (Lipinski definition) is 0. The van der Waals surface area contributed by atoms with Gasteiger partial charge in [-0.1, -0.05) is 19.0 Å². The number of benzene rings is 1. The van der Waals surface area contributed by atoms with Crippen LogP contribution in [0.25, 0.3) is 16.7 Å². The van der Waals surface area contributed by atoms with E-state index in [2.05, 4.69) is 43.9 Å². The molecule has 2 aliphatic heterocycles. The highest BCUT2D eigenvalue weighted by molar-refractivity contribution is 7.90. The lowest BCUT2D eigenvalue weighted by atomic mass is 10.2. The summed E-state index contributed by atoms with van der Waals surface area (Å²) in [6.45, 7) is 6.90. The Morgan fingerprint density at radius 2 is 2.11 bits per heavy atom. The average Bonchev–Trinajstić information content (AvgIpc) is 3.54. The Kier molecular flexibility index (Phi) is 6.05. The molecular formula is C22H26FN7O4S. The first kappa shape index (κ1) is 23.4. The average molecular weight is 504 g/mol. The van der Waals surface area contributed by atoms with E-state index in [-0.39, 0.29) is 22.6 Å². The second kappa shape index (κ2) is 9.04.